The second-order valence-corrected chi connectivity index (χ2v) is 3.31. The van der Waals surface area contributed by atoms with E-state index in [0.29, 0.717) is 0 Å². The van der Waals surface area contributed by atoms with Gasteiger partial charge in [0.05, 0.1) is 0 Å². The largest absolute Gasteiger partial charge is 0.103 e. The third-order valence-electron chi connectivity index (χ3n) is 2.30. The molecule has 2 atom stereocenters. The van der Waals surface area contributed by atoms with Crippen LogP contribution in [0.15, 0.2) is 12.7 Å². The molecule has 0 nitrogen and oxygen atoms in total. The molecular formula is C9H16. The third kappa shape index (κ3) is 1.85. The average Bonchev–Trinajstić information content (AvgIpc) is 2.17. The quantitative estimate of drug-likeness (QED) is 0.496. The Bertz CT molecular complexity index is 94.2. The molecule has 0 heteroatoms. The molecule has 1 aliphatic rings. The topological polar surface area (TPSA) is 0 Å². The maximum absolute atomic E-state index is 3.75. The smallest absolute Gasteiger partial charge is 0.0325 e. The molecule has 0 radical (unpaired) electrons. The monoisotopic (exact) mass is 124 g/mol. The zero-order valence-corrected chi connectivity index (χ0v) is 6.27. The Kier molecular flexibility index (Phi) is 2.32. The van der Waals surface area contributed by atoms with Gasteiger partial charge in [0.25, 0.3) is 0 Å². The van der Waals surface area contributed by atoms with E-state index >= 15 is 0 Å². The van der Waals surface area contributed by atoms with Gasteiger partial charge in [-0.3, -0.25) is 0 Å². The Morgan fingerprint density at radius 3 is 2.78 bits per heavy atom. The SMILES string of the molecule is C=CCC1CCC(C)C1. The highest BCUT2D eigenvalue weighted by Gasteiger charge is 2.19. The molecule has 0 saturated heterocycles. The summed E-state index contributed by atoms with van der Waals surface area (Å²) in [6.45, 7) is 6.10. The zero-order valence-electron chi connectivity index (χ0n) is 6.27. The molecule has 0 aliphatic heterocycles. The number of rotatable bonds is 2. The minimum Gasteiger partial charge on any atom is -0.103 e. The molecule has 0 spiro atoms. The van der Waals surface area contributed by atoms with E-state index in [2.05, 4.69) is 19.6 Å². The van der Waals surface area contributed by atoms with Gasteiger partial charge in [-0.25, -0.2) is 0 Å². The summed E-state index contributed by atoms with van der Waals surface area (Å²) in [6, 6.07) is 0. The van der Waals surface area contributed by atoms with Gasteiger partial charge in [0.2, 0.25) is 0 Å². The molecule has 2 unspecified atom stereocenters. The molecule has 0 bridgehead atoms. The zero-order chi connectivity index (χ0) is 6.69. The normalized spacial score (nSPS) is 34.8. The first-order valence-electron chi connectivity index (χ1n) is 3.94. The fraction of sp³-hybridized carbons (Fsp3) is 0.778. The lowest BCUT2D eigenvalue weighted by Crippen LogP contribution is -1.90. The molecule has 52 valence electrons. The summed E-state index contributed by atoms with van der Waals surface area (Å²) in [5.41, 5.74) is 0. The fourth-order valence-corrected chi connectivity index (χ4v) is 1.77. The molecule has 1 saturated carbocycles. The van der Waals surface area contributed by atoms with E-state index in [1.54, 1.807) is 0 Å². The van der Waals surface area contributed by atoms with Crippen molar-refractivity contribution in [2.45, 2.75) is 32.6 Å². The molecule has 0 aromatic heterocycles. The molecule has 1 aliphatic carbocycles. The van der Waals surface area contributed by atoms with Crippen molar-refractivity contribution in [3.8, 4) is 0 Å². The van der Waals surface area contributed by atoms with E-state index in [9.17, 15) is 0 Å². The second kappa shape index (κ2) is 3.05. The number of allylic oxidation sites excluding steroid dienone is 1. The highest BCUT2D eigenvalue weighted by atomic mass is 14.2. The molecule has 1 fully saturated rings. The predicted octanol–water partition coefficient (Wildman–Crippen LogP) is 3.00. The van der Waals surface area contributed by atoms with Gasteiger partial charge in [-0.05, 0) is 31.1 Å². The van der Waals surface area contributed by atoms with Crippen molar-refractivity contribution in [1.82, 2.24) is 0 Å². The van der Waals surface area contributed by atoms with Crippen molar-refractivity contribution in [2.75, 3.05) is 0 Å². The molecule has 9 heavy (non-hydrogen) atoms. The summed E-state index contributed by atoms with van der Waals surface area (Å²) in [6.07, 6.45) is 7.62. The van der Waals surface area contributed by atoms with Crippen LogP contribution >= 0.6 is 0 Å². The minimum absolute atomic E-state index is 0.970. The van der Waals surface area contributed by atoms with Gasteiger partial charge < -0.3 is 0 Å². The predicted molar refractivity (Wildman–Crippen MR) is 41.3 cm³/mol. The van der Waals surface area contributed by atoms with Gasteiger partial charge in [0.15, 0.2) is 0 Å². The van der Waals surface area contributed by atoms with Crippen LogP contribution in [0.2, 0.25) is 0 Å². The molecule has 0 heterocycles. The lowest BCUT2D eigenvalue weighted by molar-refractivity contribution is 0.522. The summed E-state index contributed by atoms with van der Waals surface area (Å²) >= 11 is 0. The summed E-state index contributed by atoms with van der Waals surface area (Å²) in [4.78, 5) is 0. The van der Waals surface area contributed by atoms with E-state index < -0.39 is 0 Å². The maximum Gasteiger partial charge on any atom is -0.0325 e. The molecular weight excluding hydrogens is 108 g/mol. The lowest BCUT2D eigenvalue weighted by atomic mass is 10.0. The minimum atomic E-state index is 0.970. The van der Waals surface area contributed by atoms with Crippen LogP contribution < -0.4 is 0 Å². The average molecular weight is 124 g/mol. The van der Waals surface area contributed by atoms with E-state index in [1.165, 1.54) is 25.7 Å². The maximum atomic E-state index is 3.75. The van der Waals surface area contributed by atoms with Crippen LogP contribution in [0.3, 0.4) is 0 Å². The first-order valence-corrected chi connectivity index (χ1v) is 3.94. The van der Waals surface area contributed by atoms with Crippen molar-refractivity contribution < 1.29 is 0 Å². The van der Waals surface area contributed by atoms with Crippen LogP contribution in [-0.2, 0) is 0 Å². The molecule has 0 amide bonds. The Balaban J connectivity index is 2.21. The van der Waals surface area contributed by atoms with Crippen molar-refractivity contribution in [3.63, 3.8) is 0 Å². The van der Waals surface area contributed by atoms with Gasteiger partial charge in [-0.2, -0.15) is 0 Å². The summed E-state index contributed by atoms with van der Waals surface area (Å²) in [5.74, 6) is 1.95. The standard InChI is InChI=1S/C9H16/c1-3-4-9-6-5-8(2)7-9/h3,8-9H,1,4-7H2,2H3. The Morgan fingerprint density at radius 1 is 1.56 bits per heavy atom. The van der Waals surface area contributed by atoms with Crippen molar-refractivity contribution in [3.05, 3.63) is 12.7 Å². The van der Waals surface area contributed by atoms with E-state index in [1.807, 2.05) is 0 Å². The molecule has 0 aromatic carbocycles. The van der Waals surface area contributed by atoms with Crippen molar-refractivity contribution >= 4 is 0 Å². The highest BCUT2D eigenvalue weighted by molar-refractivity contribution is 4.79. The van der Waals surface area contributed by atoms with Crippen LogP contribution in [0, 0.1) is 11.8 Å². The van der Waals surface area contributed by atoms with Gasteiger partial charge in [-0.15, -0.1) is 6.58 Å². The van der Waals surface area contributed by atoms with Crippen LogP contribution in [0.25, 0.3) is 0 Å². The van der Waals surface area contributed by atoms with Crippen LogP contribution in [0.5, 0.6) is 0 Å². The Labute approximate surface area is 58.0 Å². The van der Waals surface area contributed by atoms with Gasteiger partial charge in [0, 0.05) is 0 Å². The van der Waals surface area contributed by atoms with E-state index in [4.69, 9.17) is 0 Å². The lowest BCUT2D eigenvalue weighted by Gasteiger charge is -2.03. The second-order valence-electron chi connectivity index (χ2n) is 3.31. The number of hydrogen-bond donors (Lipinski definition) is 0. The third-order valence-corrected chi connectivity index (χ3v) is 2.30. The van der Waals surface area contributed by atoms with Gasteiger partial charge in [-0.1, -0.05) is 19.4 Å². The summed E-state index contributed by atoms with van der Waals surface area (Å²) < 4.78 is 0. The Hall–Kier alpha value is -0.260. The van der Waals surface area contributed by atoms with E-state index in [-0.39, 0.29) is 0 Å². The molecule has 0 aromatic rings. The molecule has 1 rings (SSSR count). The Morgan fingerprint density at radius 2 is 2.33 bits per heavy atom. The van der Waals surface area contributed by atoms with Crippen molar-refractivity contribution in [1.29, 1.82) is 0 Å². The fourth-order valence-electron chi connectivity index (χ4n) is 1.77. The summed E-state index contributed by atoms with van der Waals surface area (Å²) in [7, 11) is 0. The highest BCUT2D eigenvalue weighted by Crippen LogP contribution is 2.32. The molecule has 0 N–H and O–H groups in total. The van der Waals surface area contributed by atoms with Crippen LogP contribution in [0.1, 0.15) is 32.6 Å². The van der Waals surface area contributed by atoms with Crippen LogP contribution in [0.4, 0.5) is 0 Å². The number of hydrogen-bond acceptors (Lipinski definition) is 0. The van der Waals surface area contributed by atoms with E-state index in [0.717, 1.165) is 11.8 Å². The van der Waals surface area contributed by atoms with Crippen LogP contribution in [-0.4, -0.2) is 0 Å². The first-order chi connectivity index (χ1) is 4.33. The van der Waals surface area contributed by atoms with Gasteiger partial charge >= 0.3 is 0 Å². The van der Waals surface area contributed by atoms with Crippen molar-refractivity contribution in [2.24, 2.45) is 11.8 Å². The first kappa shape index (κ1) is 6.85. The van der Waals surface area contributed by atoms with Gasteiger partial charge in [0.1, 0.15) is 0 Å². The summed E-state index contributed by atoms with van der Waals surface area (Å²) in [5, 5.41) is 0.